The zero-order valence-electron chi connectivity index (χ0n) is 10.3. The third-order valence-corrected chi connectivity index (χ3v) is 3.76. The summed E-state index contributed by atoms with van der Waals surface area (Å²) < 4.78 is 0. The first-order valence-corrected chi connectivity index (χ1v) is 5.45. The molecule has 0 spiro atoms. The number of hydrogen-bond donors (Lipinski definition) is 1. The van der Waals surface area contributed by atoms with Crippen molar-refractivity contribution in [2.45, 2.75) is 53.5 Å². The summed E-state index contributed by atoms with van der Waals surface area (Å²) in [5.74, 6) is 1.21. The first-order chi connectivity index (χ1) is 6.14. The van der Waals surface area contributed by atoms with E-state index < -0.39 is 0 Å². The summed E-state index contributed by atoms with van der Waals surface area (Å²) in [4.78, 5) is 11.4. The lowest BCUT2D eigenvalue weighted by Crippen LogP contribution is -2.44. The van der Waals surface area contributed by atoms with E-state index in [1.807, 2.05) is 0 Å². The molecule has 0 radical (unpaired) electrons. The van der Waals surface area contributed by atoms with E-state index in [0.717, 1.165) is 0 Å². The van der Waals surface area contributed by atoms with Gasteiger partial charge >= 0.3 is 0 Å². The molecule has 2 atom stereocenters. The second-order valence-electron chi connectivity index (χ2n) is 6.24. The highest BCUT2D eigenvalue weighted by Crippen LogP contribution is 2.41. The molecule has 1 aliphatic rings. The van der Waals surface area contributed by atoms with Gasteiger partial charge in [0.15, 0.2) is 0 Å². The Morgan fingerprint density at radius 1 is 1.43 bits per heavy atom. The molecule has 14 heavy (non-hydrogen) atoms. The summed E-state index contributed by atoms with van der Waals surface area (Å²) in [6.45, 7) is 13.3. The maximum Gasteiger partial charge on any atom is 0.220 e. The molecule has 0 aromatic heterocycles. The predicted molar refractivity (Wildman–Crippen MR) is 58.9 cm³/mol. The molecule has 0 aromatic carbocycles. The van der Waals surface area contributed by atoms with Gasteiger partial charge in [0.1, 0.15) is 0 Å². The van der Waals surface area contributed by atoms with Crippen LogP contribution in [-0.4, -0.2) is 11.4 Å². The van der Waals surface area contributed by atoms with Crippen molar-refractivity contribution in [1.82, 2.24) is 5.32 Å². The van der Waals surface area contributed by atoms with Gasteiger partial charge in [-0.2, -0.15) is 0 Å². The third-order valence-electron chi connectivity index (χ3n) is 3.76. The molecule has 1 amide bonds. The van der Waals surface area contributed by atoms with Crippen molar-refractivity contribution in [3.8, 4) is 0 Å². The molecular formula is C12H23NO. The zero-order valence-corrected chi connectivity index (χ0v) is 10.3. The van der Waals surface area contributed by atoms with Crippen molar-refractivity contribution in [2.75, 3.05) is 0 Å². The van der Waals surface area contributed by atoms with Gasteiger partial charge < -0.3 is 5.32 Å². The van der Waals surface area contributed by atoms with Crippen LogP contribution in [0, 0.1) is 17.3 Å². The lowest BCUT2D eigenvalue weighted by atomic mass is 9.68. The molecule has 1 N–H and O–H groups in total. The number of rotatable bonds is 1. The minimum absolute atomic E-state index is 0.0379. The van der Waals surface area contributed by atoms with Gasteiger partial charge in [-0.25, -0.2) is 0 Å². The Hall–Kier alpha value is -0.530. The van der Waals surface area contributed by atoms with Gasteiger partial charge in [0.25, 0.3) is 0 Å². The van der Waals surface area contributed by atoms with E-state index in [4.69, 9.17) is 0 Å². The number of nitrogens with one attached hydrogen (secondary N) is 1. The number of amides is 1. The smallest absolute Gasteiger partial charge is 0.220 e. The standard InChI is InChI=1S/C12H23NO/c1-8(11(2,3)4)9-7-10(14)13-12(9,5)6/h8-9H,7H2,1-6H3,(H,13,14). The average Bonchev–Trinajstić information content (AvgIpc) is 2.20. The van der Waals surface area contributed by atoms with Gasteiger partial charge in [0.05, 0.1) is 0 Å². The van der Waals surface area contributed by atoms with E-state index in [1.54, 1.807) is 0 Å². The minimum Gasteiger partial charge on any atom is -0.351 e. The van der Waals surface area contributed by atoms with Crippen molar-refractivity contribution in [2.24, 2.45) is 17.3 Å². The van der Waals surface area contributed by atoms with Crippen molar-refractivity contribution in [3.05, 3.63) is 0 Å². The molecule has 1 rings (SSSR count). The highest BCUT2D eigenvalue weighted by atomic mass is 16.2. The second kappa shape index (κ2) is 3.25. The number of hydrogen-bond acceptors (Lipinski definition) is 1. The third kappa shape index (κ3) is 2.10. The molecule has 1 saturated heterocycles. The van der Waals surface area contributed by atoms with Crippen molar-refractivity contribution in [1.29, 1.82) is 0 Å². The van der Waals surface area contributed by atoms with Gasteiger partial charge in [0, 0.05) is 12.0 Å². The fourth-order valence-electron chi connectivity index (χ4n) is 2.36. The molecule has 0 aromatic rings. The summed E-state index contributed by atoms with van der Waals surface area (Å²) in [7, 11) is 0. The average molecular weight is 197 g/mol. The van der Waals surface area contributed by atoms with Crippen LogP contribution in [0.25, 0.3) is 0 Å². The van der Waals surface area contributed by atoms with E-state index >= 15 is 0 Å². The van der Waals surface area contributed by atoms with Crippen LogP contribution >= 0.6 is 0 Å². The lowest BCUT2D eigenvalue weighted by molar-refractivity contribution is -0.119. The maximum atomic E-state index is 11.4. The van der Waals surface area contributed by atoms with Gasteiger partial charge in [-0.1, -0.05) is 27.7 Å². The molecule has 82 valence electrons. The van der Waals surface area contributed by atoms with Gasteiger partial charge in [0.2, 0.25) is 5.91 Å². The fraction of sp³-hybridized carbons (Fsp3) is 0.917. The number of carbonyl (C=O) groups excluding carboxylic acids is 1. The normalized spacial score (nSPS) is 28.7. The molecule has 2 nitrogen and oxygen atoms in total. The Kier molecular flexibility index (Phi) is 2.68. The molecular weight excluding hydrogens is 174 g/mol. The highest BCUT2D eigenvalue weighted by molar-refractivity contribution is 5.79. The van der Waals surface area contributed by atoms with Crippen LogP contribution in [-0.2, 0) is 4.79 Å². The molecule has 1 fully saturated rings. The fourth-order valence-corrected chi connectivity index (χ4v) is 2.36. The topological polar surface area (TPSA) is 29.1 Å². The second-order valence-corrected chi connectivity index (χ2v) is 6.24. The van der Waals surface area contributed by atoms with Crippen LogP contribution in [0.5, 0.6) is 0 Å². The van der Waals surface area contributed by atoms with Crippen LogP contribution < -0.4 is 5.32 Å². The first-order valence-electron chi connectivity index (χ1n) is 5.45. The summed E-state index contributed by atoms with van der Waals surface area (Å²) in [6, 6.07) is 0. The first kappa shape index (κ1) is 11.5. The molecule has 2 unspecified atom stereocenters. The maximum absolute atomic E-state index is 11.4. The summed E-state index contributed by atoms with van der Waals surface area (Å²) in [5, 5.41) is 3.06. The zero-order chi connectivity index (χ0) is 11.1. The summed E-state index contributed by atoms with van der Waals surface area (Å²) in [6.07, 6.45) is 0.686. The van der Waals surface area contributed by atoms with Crippen molar-refractivity contribution >= 4 is 5.91 Å². The molecule has 1 heterocycles. The molecule has 1 aliphatic heterocycles. The largest absolute Gasteiger partial charge is 0.351 e. The Balaban J connectivity index is 2.83. The van der Waals surface area contributed by atoms with Crippen LogP contribution in [0.1, 0.15) is 48.0 Å². The van der Waals surface area contributed by atoms with E-state index in [0.29, 0.717) is 18.3 Å². The van der Waals surface area contributed by atoms with E-state index in [-0.39, 0.29) is 16.9 Å². The predicted octanol–water partition coefficient (Wildman–Crippen LogP) is 2.58. The van der Waals surface area contributed by atoms with Gasteiger partial charge in [-0.3, -0.25) is 4.79 Å². The lowest BCUT2D eigenvalue weighted by Gasteiger charge is -2.38. The van der Waals surface area contributed by atoms with E-state index in [1.165, 1.54) is 0 Å². The minimum atomic E-state index is -0.0379. The van der Waals surface area contributed by atoms with Crippen LogP contribution in [0.2, 0.25) is 0 Å². The highest BCUT2D eigenvalue weighted by Gasteiger charge is 2.44. The molecule has 0 aliphatic carbocycles. The molecule has 0 saturated carbocycles. The molecule has 0 bridgehead atoms. The van der Waals surface area contributed by atoms with Crippen LogP contribution in [0.4, 0.5) is 0 Å². The van der Waals surface area contributed by atoms with E-state index in [9.17, 15) is 4.79 Å². The monoisotopic (exact) mass is 197 g/mol. The SMILES string of the molecule is CC(C1CC(=O)NC1(C)C)C(C)(C)C. The van der Waals surface area contributed by atoms with Crippen LogP contribution in [0.3, 0.4) is 0 Å². The summed E-state index contributed by atoms with van der Waals surface area (Å²) >= 11 is 0. The molecule has 2 heteroatoms. The van der Waals surface area contributed by atoms with Gasteiger partial charge in [-0.15, -0.1) is 0 Å². The quantitative estimate of drug-likeness (QED) is 0.688. The Morgan fingerprint density at radius 2 is 1.93 bits per heavy atom. The Morgan fingerprint density at radius 3 is 2.21 bits per heavy atom. The Bertz CT molecular complexity index is 237. The van der Waals surface area contributed by atoms with Crippen LogP contribution in [0.15, 0.2) is 0 Å². The summed E-state index contributed by atoms with van der Waals surface area (Å²) in [5.41, 5.74) is 0.234. The van der Waals surface area contributed by atoms with Crippen molar-refractivity contribution < 1.29 is 4.79 Å². The van der Waals surface area contributed by atoms with E-state index in [2.05, 4.69) is 46.9 Å². The number of carbonyl (C=O) groups is 1. The van der Waals surface area contributed by atoms with Gasteiger partial charge in [-0.05, 0) is 31.1 Å². The van der Waals surface area contributed by atoms with Crippen molar-refractivity contribution in [3.63, 3.8) is 0 Å². The Labute approximate surface area is 87.5 Å².